The van der Waals surface area contributed by atoms with Gasteiger partial charge < -0.3 is 10.2 Å². The van der Waals surface area contributed by atoms with Crippen LogP contribution in [0.25, 0.3) is 0 Å². The molecule has 1 aromatic carbocycles. The zero-order chi connectivity index (χ0) is 12.8. The first-order valence-electron chi connectivity index (χ1n) is 6.67. The van der Waals surface area contributed by atoms with Crippen molar-refractivity contribution in [3.63, 3.8) is 0 Å². The van der Waals surface area contributed by atoms with Crippen LogP contribution < -0.4 is 10.2 Å². The largest absolute Gasteiger partial charge is 0.365 e. The zero-order valence-corrected chi connectivity index (χ0v) is 11.0. The quantitative estimate of drug-likeness (QED) is 0.821. The van der Waals surface area contributed by atoms with Crippen molar-refractivity contribution in [2.24, 2.45) is 5.41 Å². The van der Waals surface area contributed by atoms with Crippen LogP contribution in [0.15, 0.2) is 30.3 Å². The molecule has 1 N–H and O–H groups in total. The first kappa shape index (κ1) is 11.6. The summed E-state index contributed by atoms with van der Waals surface area (Å²) in [6.45, 7) is 5.49. The highest BCUT2D eigenvalue weighted by Crippen LogP contribution is 2.41. The maximum atomic E-state index is 11.9. The van der Waals surface area contributed by atoms with E-state index in [1.54, 1.807) is 0 Å². The number of benzene rings is 1. The van der Waals surface area contributed by atoms with E-state index in [4.69, 9.17) is 0 Å². The number of rotatable bonds is 1. The van der Waals surface area contributed by atoms with E-state index in [2.05, 4.69) is 48.3 Å². The number of hydrogen-bond acceptors (Lipinski definition) is 2. The van der Waals surface area contributed by atoms with Gasteiger partial charge in [0.1, 0.15) is 0 Å². The molecule has 3 saturated heterocycles. The van der Waals surface area contributed by atoms with Crippen molar-refractivity contribution in [2.75, 3.05) is 11.4 Å². The summed E-state index contributed by atoms with van der Waals surface area (Å²) < 4.78 is 0. The second kappa shape index (κ2) is 4.01. The van der Waals surface area contributed by atoms with Gasteiger partial charge in [0.2, 0.25) is 5.91 Å². The number of nitrogens with one attached hydrogen (secondary N) is 1. The molecule has 3 nitrogen and oxygen atoms in total. The lowest BCUT2D eigenvalue weighted by atomic mass is 9.74. The van der Waals surface area contributed by atoms with Crippen LogP contribution in [0.4, 0.5) is 5.69 Å². The lowest BCUT2D eigenvalue weighted by molar-refractivity contribution is -0.121. The molecule has 2 atom stereocenters. The Kier molecular flexibility index (Phi) is 2.58. The summed E-state index contributed by atoms with van der Waals surface area (Å²) in [7, 11) is 0. The van der Waals surface area contributed by atoms with Crippen LogP contribution in [0.5, 0.6) is 0 Å². The molecule has 0 aromatic heterocycles. The minimum absolute atomic E-state index is 0.178. The number of amides is 1. The standard InChI is InChI=1S/C15H20N2O/c1-15(2)9-11-10-17(12-6-4-3-5-7-12)13(15)8-14(18)16-11/h3-7,11,13H,8-10H2,1-2H3,(H,16,18)/t11-,13?/m0/s1. The van der Waals surface area contributed by atoms with Crippen molar-refractivity contribution in [1.82, 2.24) is 5.32 Å². The summed E-state index contributed by atoms with van der Waals surface area (Å²) >= 11 is 0. The van der Waals surface area contributed by atoms with Gasteiger partial charge in [-0.25, -0.2) is 0 Å². The Morgan fingerprint density at radius 1 is 1.28 bits per heavy atom. The zero-order valence-electron chi connectivity index (χ0n) is 11.0. The Morgan fingerprint density at radius 3 is 2.72 bits per heavy atom. The first-order valence-corrected chi connectivity index (χ1v) is 6.67. The predicted molar refractivity (Wildman–Crippen MR) is 72.5 cm³/mol. The topological polar surface area (TPSA) is 32.3 Å². The van der Waals surface area contributed by atoms with E-state index >= 15 is 0 Å². The van der Waals surface area contributed by atoms with Gasteiger partial charge in [0.25, 0.3) is 0 Å². The van der Waals surface area contributed by atoms with Crippen LogP contribution >= 0.6 is 0 Å². The SMILES string of the molecule is CC1(C)C[C@H]2CN(c3ccccc3)C1CC(=O)N2. The van der Waals surface area contributed by atoms with Crippen molar-refractivity contribution >= 4 is 11.6 Å². The van der Waals surface area contributed by atoms with Crippen molar-refractivity contribution in [1.29, 1.82) is 0 Å². The monoisotopic (exact) mass is 244 g/mol. The van der Waals surface area contributed by atoms with Gasteiger partial charge in [-0.15, -0.1) is 0 Å². The van der Waals surface area contributed by atoms with Crippen LogP contribution in [0, 0.1) is 5.41 Å². The van der Waals surface area contributed by atoms with Crippen LogP contribution in [0.2, 0.25) is 0 Å². The lowest BCUT2D eigenvalue weighted by Gasteiger charge is -2.47. The number of piperidine rings is 1. The van der Waals surface area contributed by atoms with Crippen molar-refractivity contribution < 1.29 is 4.79 Å². The van der Waals surface area contributed by atoms with Crippen LogP contribution in [-0.4, -0.2) is 24.5 Å². The predicted octanol–water partition coefficient (Wildman–Crippen LogP) is 2.18. The molecule has 4 rings (SSSR count). The van der Waals surface area contributed by atoms with E-state index in [1.807, 2.05) is 6.07 Å². The maximum Gasteiger partial charge on any atom is 0.222 e. The highest BCUT2D eigenvalue weighted by atomic mass is 16.1. The minimum atomic E-state index is 0.178. The molecule has 0 radical (unpaired) electrons. The second-order valence-corrected chi connectivity index (χ2v) is 6.16. The molecule has 0 aliphatic carbocycles. The fraction of sp³-hybridized carbons (Fsp3) is 0.533. The summed E-state index contributed by atoms with van der Waals surface area (Å²) in [6, 6.07) is 11.0. The number of fused-ring (bicyclic) bond motifs is 4. The summed E-state index contributed by atoms with van der Waals surface area (Å²) in [6.07, 6.45) is 1.69. The summed E-state index contributed by atoms with van der Waals surface area (Å²) in [5.41, 5.74) is 1.41. The Balaban J connectivity index is 1.99. The molecule has 3 heteroatoms. The fourth-order valence-corrected chi connectivity index (χ4v) is 3.47. The fourth-order valence-electron chi connectivity index (χ4n) is 3.47. The Hall–Kier alpha value is -1.51. The highest BCUT2D eigenvalue weighted by Gasteiger charge is 2.45. The van der Waals surface area contributed by atoms with E-state index in [9.17, 15) is 4.79 Å². The van der Waals surface area contributed by atoms with Gasteiger partial charge in [-0.05, 0) is 24.0 Å². The minimum Gasteiger partial charge on any atom is -0.365 e. The van der Waals surface area contributed by atoms with Gasteiger partial charge in [0, 0.05) is 30.7 Å². The van der Waals surface area contributed by atoms with E-state index < -0.39 is 0 Å². The molecule has 1 amide bonds. The normalized spacial score (nSPS) is 29.9. The van der Waals surface area contributed by atoms with Gasteiger partial charge in [0.05, 0.1) is 0 Å². The third kappa shape index (κ3) is 1.88. The van der Waals surface area contributed by atoms with Crippen molar-refractivity contribution in [2.45, 2.75) is 38.8 Å². The van der Waals surface area contributed by atoms with Crippen molar-refractivity contribution in [3.05, 3.63) is 30.3 Å². The van der Waals surface area contributed by atoms with Gasteiger partial charge in [-0.1, -0.05) is 32.0 Å². The summed E-state index contributed by atoms with van der Waals surface area (Å²) in [5, 5.41) is 3.14. The number of para-hydroxylation sites is 1. The first-order chi connectivity index (χ1) is 8.56. The number of hydrogen-bond donors (Lipinski definition) is 1. The van der Waals surface area contributed by atoms with E-state index in [1.165, 1.54) is 5.69 Å². The smallest absolute Gasteiger partial charge is 0.222 e. The van der Waals surface area contributed by atoms with Crippen LogP contribution in [-0.2, 0) is 4.79 Å². The van der Waals surface area contributed by atoms with Crippen LogP contribution in [0.3, 0.4) is 0 Å². The van der Waals surface area contributed by atoms with Gasteiger partial charge in [-0.2, -0.15) is 0 Å². The van der Waals surface area contributed by atoms with E-state index in [0.717, 1.165) is 13.0 Å². The molecule has 18 heavy (non-hydrogen) atoms. The number of anilines is 1. The van der Waals surface area contributed by atoms with Crippen LogP contribution in [0.1, 0.15) is 26.7 Å². The average molecular weight is 244 g/mol. The molecule has 3 aliphatic heterocycles. The molecule has 1 unspecified atom stereocenters. The summed E-state index contributed by atoms with van der Waals surface area (Å²) in [4.78, 5) is 14.3. The number of carbonyl (C=O) groups is 1. The third-order valence-corrected chi connectivity index (χ3v) is 4.30. The second-order valence-electron chi connectivity index (χ2n) is 6.16. The maximum absolute atomic E-state index is 11.9. The molecule has 2 bridgehead atoms. The van der Waals surface area contributed by atoms with Gasteiger partial charge >= 0.3 is 0 Å². The number of nitrogens with zero attached hydrogens (tertiary/aromatic N) is 1. The molecule has 96 valence electrons. The molecule has 1 aromatic rings. The lowest BCUT2D eigenvalue weighted by Crippen LogP contribution is -2.54. The molecule has 3 heterocycles. The highest BCUT2D eigenvalue weighted by molar-refractivity contribution is 5.79. The molecule has 0 saturated carbocycles. The summed E-state index contributed by atoms with van der Waals surface area (Å²) in [5.74, 6) is 0.203. The van der Waals surface area contributed by atoms with E-state index in [0.29, 0.717) is 12.5 Å². The third-order valence-electron chi connectivity index (χ3n) is 4.30. The van der Waals surface area contributed by atoms with Gasteiger partial charge in [-0.3, -0.25) is 4.79 Å². The van der Waals surface area contributed by atoms with Gasteiger partial charge in [0.15, 0.2) is 0 Å². The van der Waals surface area contributed by atoms with E-state index in [-0.39, 0.29) is 17.4 Å². The Labute approximate surface area is 108 Å². The molecule has 3 aliphatic rings. The van der Waals surface area contributed by atoms with Crippen molar-refractivity contribution in [3.8, 4) is 0 Å². The molecular formula is C15H20N2O. The average Bonchev–Trinajstić information content (AvgIpc) is 2.54. The molecule has 3 fully saturated rings. The number of carbonyl (C=O) groups excluding carboxylic acids is 1. The molecule has 0 spiro atoms. The Bertz CT molecular complexity index is 455. The molecular weight excluding hydrogens is 224 g/mol. The Morgan fingerprint density at radius 2 is 2.00 bits per heavy atom.